The van der Waals surface area contributed by atoms with Crippen molar-refractivity contribution in [3.63, 3.8) is 0 Å². The summed E-state index contributed by atoms with van der Waals surface area (Å²) in [5.41, 5.74) is -0.0405. The Hall–Kier alpha value is -1.92. The van der Waals surface area contributed by atoms with Crippen LogP contribution in [-0.2, 0) is 19.1 Å². The molecule has 1 aromatic rings. The van der Waals surface area contributed by atoms with E-state index in [2.05, 4.69) is 6.92 Å². The molecule has 0 spiro atoms. The van der Waals surface area contributed by atoms with E-state index in [0.29, 0.717) is 17.2 Å². The molecule has 2 rings (SSSR count). The fourth-order valence-corrected chi connectivity index (χ4v) is 3.90. The molecule has 1 heterocycles. The maximum atomic E-state index is 13.0. The number of ether oxygens (including phenoxy) is 2. The van der Waals surface area contributed by atoms with Gasteiger partial charge in [0.05, 0.1) is 5.69 Å². The molecule has 0 aromatic heterocycles. The van der Waals surface area contributed by atoms with E-state index in [1.807, 2.05) is 0 Å². The third-order valence-electron chi connectivity index (χ3n) is 5.30. The van der Waals surface area contributed by atoms with Crippen LogP contribution >= 0.6 is 11.6 Å². The first-order valence-electron chi connectivity index (χ1n) is 11.6. The van der Waals surface area contributed by atoms with Crippen LogP contribution in [0.25, 0.3) is 0 Å². The van der Waals surface area contributed by atoms with Gasteiger partial charge >= 0.3 is 6.09 Å². The molecule has 1 aliphatic heterocycles. The SMILES string of the molecule is CCCCCCCCCCOCC(=O)C1C(=O)N(C(=O)OC(C)(C)C)c2cc(Cl)ccc21. The zero-order chi connectivity index (χ0) is 23.7. The van der Waals surface area contributed by atoms with Crippen LogP contribution in [0.4, 0.5) is 10.5 Å². The summed E-state index contributed by atoms with van der Waals surface area (Å²) in [6.45, 7) is 7.66. The highest BCUT2D eigenvalue weighted by atomic mass is 35.5. The number of Topliss-reactive ketones (excluding diaryl/α,β-unsaturated/α-hetero) is 1. The molecule has 178 valence electrons. The molecule has 0 fully saturated rings. The molecule has 1 aromatic carbocycles. The number of rotatable bonds is 12. The largest absolute Gasteiger partial charge is 0.443 e. The molecule has 0 aliphatic carbocycles. The van der Waals surface area contributed by atoms with Gasteiger partial charge in [0.1, 0.15) is 18.1 Å². The Labute approximate surface area is 196 Å². The fourth-order valence-electron chi connectivity index (χ4n) is 3.74. The Morgan fingerprint density at radius 3 is 2.28 bits per heavy atom. The first-order valence-corrected chi connectivity index (χ1v) is 12.0. The summed E-state index contributed by atoms with van der Waals surface area (Å²) in [6, 6.07) is 4.72. The van der Waals surface area contributed by atoms with Gasteiger partial charge in [0.25, 0.3) is 5.91 Å². The highest BCUT2D eigenvalue weighted by molar-refractivity contribution is 6.32. The quantitative estimate of drug-likeness (QED) is 0.262. The molecule has 0 saturated carbocycles. The number of carbonyl (C=O) groups excluding carboxylic acids is 3. The maximum Gasteiger partial charge on any atom is 0.421 e. The van der Waals surface area contributed by atoms with Crippen molar-refractivity contribution < 1.29 is 23.9 Å². The average Bonchev–Trinajstić information content (AvgIpc) is 2.99. The van der Waals surface area contributed by atoms with Gasteiger partial charge in [-0.05, 0) is 44.9 Å². The minimum atomic E-state index is -1.09. The number of hydrogen-bond acceptors (Lipinski definition) is 5. The number of anilines is 1. The maximum absolute atomic E-state index is 13.0. The first kappa shape index (κ1) is 26.3. The minimum absolute atomic E-state index is 0.170. The summed E-state index contributed by atoms with van der Waals surface area (Å²) < 4.78 is 10.9. The Kier molecular flexibility index (Phi) is 10.2. The normalized spacial score (nSPS) is 15.7. The summed E-state index contributed by atoms with van der Waals surface area (Å²) in [5, 5.41) is 0.365. The van der Waals surface area contributed by atoms with Crippen LogP contribution in [0, 0.1) is 0 Å². The lowest BCUT2D eigenvalue weighted by atomic mass is 9.96. The van der Waals surface area contributed by atoms with Crippen molar-refractivity contribution in [2.24, 2.45) is 0 Å². The average molecular weight is 466 g/mol. The number of fused-ring (bicyclic) bond motifs is 1. The number of amides is 2. The van der Waals surface area contributed by atoms with Crippen molar-refractivity contribution in [2.75, 3.05) is 18.1 Å². The Bertz CT molecular complexity index is 802. The molecule has 2 amide bonds. The standard InChI is InChI=1S/C25H36ClNO5/c1-5-6-7-8-9-10-11-12-15-31-17-21(28)22-19-14-13-18(26)16-20(19)27(23(22)29)24(30)32-25(2,3)4/h13-14,16,22H,5-12,15,17H2,1-4H3. The van der Waals surface area contributed by atoms with Gasteiger partial charge in [-0.15, -0.1) is 0 Å². The number of carbonyl (C=O) groups is 3. The molecule has 0 saturated heterocycles. The Balaban J connectivity index is 1.90. The van der Waals surface area contributed by atoms with Crippen molar-refractivity contribution in [1.29, 1.82) is 0 Å². The molecule has 32 heavy (non-hydrogen) atoms. The van der Waals surface area contributed by atoms with Crippen molar-refractivity contribution in [1.82, 2.24) is 0 Å². The van der Waals surface area contributed by atoms with Gasteiger partial charge in [0.15, 0.2) is 5.78 Å². The topological polar surface area (TPSA) is 72.9 Å². The van der Waals surface area contributed by atoms with Gasteiger partial charge in [0.2, 0.25) is 0 Å². The van der Waals surface area contributed by atoms with Crippen molar-refractivity contribution in [2.45, 2.75) is 90.6 Å². The smallest absolute Gasteiger partial charge is 0.421 e. The van der Waals surface area contributed by atoms with Crippen molar-refractivity contribution >= 4 is 35.1 Å². The molecular weight excluding hydrogens is 430 g/mol. The summed E-state index contributed by atoms with van der Waals surface area (Å²) in [6.07, 6.45) is 8.65. The Morgan fingerprint density at radius 1 is 1.03 bits per heavy atom. The molecule has 0 radical (unpaired) electrons. The molecule has 1 atom stereocenters. The van der Waals surface area contributed by atoms with Crippen LogP contribution in [-0.4, -0.2) is 36.6 Å². The number of nitrogens with zero attached hydrogens (tertiary/aromatic N) is 1. The van der Waals surface area contributed by atoms with Crippen LogP contribution in [0.2, 0.25) is 5.02 Å². The third kappa shape index (κ3) is 7.59. The summed E-state index contributed by atoms with van der Waals surface area (Å²) in [4.78, 5) is 39.4. The van der Waals surface area contributed by atoms with Gasteiger partial charge in [-0.3, -0.25) is 9.59 Å². The monoisotopic (exact) mass is 465 g/mol. The van der Waals surface area contributed by atoms with E-state index in [9.17, 15) is 14.4 Å². The molecule has 1 unspecified atom stereocenters. The third-order valence-corrected chi connectivity index (χ3v) is 5.53. The molecule has 1 aliphatic rings. The number of unbranched alkanes of at least 4 members (excludes halogenated alkanes) is 7. The summed E-state index contributed by atoms with van der Waals surface area (Å²) in [5.74, 6) is -2.09. The predicted molar refractivity (Wildman–Crippen MR) is 126 cm³/mol. The van der Waals surface area contributed by atoms with Crippen molar-refractivity contribution in [3.05, 3.63) is 28.8 Å². The van der Waals surface area contributed by atoms with Gasteiger partial charge < -0.3 is 9.47 Å². The number of hydrogen-bond donors (Lipinski definition) is 0. The molecular formula is C25H36ClNO5. The number of halogens is 1. The van der Waals surface area contributed by atoms with Gasteiger partial charge in [-0.2, -0.15) is 0 Å². The second kappa shape index (κ2) is 12.4. The van der Waals surface area contributed by atoms with E-state index in [1.54, 1.807) is 32.9 Å². The number of ketones is 1. The zero-order valence-electron chi connectivity index (χ0n) is 19.7. The van der Waals surface area contributed by atoms with E-state index < -0.39 is 23.5 Å². The second-order valence-corrected chi connectivity index (χ2v) is 9.72. The second-order valence-electron chi connectivity index (χ2n) is 9.28. The Morgan fingerprint density at radius 2 is 1.66 bits per heavy atom. The van der Waals surface area contributed by atoms with Crippen LogP contribution in [0.5, 0.6) is 0 Å². The molecule has 0 bridgehead atoms. The highest BCUT2D eigenvalue weighted by Gasteiger charge is 2.46. The van der Waals surface area contributed by atoms with Gasteiger partial charge in [-0.1, -0.05) is 69.5 Å². The van der Waals surface area contributed by atoms with Gasteiger partial charge in [-0.25, -0.2) is 9.69 Å². The van der Waals surface area contributed by atoms with Crippen molar-refractivity contribution in [3.8, 4) is 0 Å². The number of benzene rings is 1. The molecule has 7 heteroatoms. The molecule has 6 nitrogen and oxygen atoms in total. The lowest BCUT2D eigenvalue weighted by Gasteiger charge is -2.24. The lowest BCUT2D eigenvalue weighted by Crippen LogP contribution is -2.41. The number of imide groups is 1. The predicted octanol–water partition coefficient (Wildman–Crippen LogP) is 6.43. The highest BCUT2D eigenvalue weighted by Crippen LogP contribution is 2.40. The van der Waals surface area contributed by atoms with Crippen LogP contribution < -0.4 is 4.90 Å². The van der Waals surface area contributed by atoms with E-state index in [0.717, 1.165) is 17.7 Å². The van der Waals surface area contributed by atoms with E-state index in [-0.39, 0.29) is 18.1 Å². The molecule has 0 N–H and O–H groups in total. The van der Waals surface area contributed by atoms with E-state index >= 15 is 0 Å². The van der Waals surface area contributed by atoms with E-state index in [4.69, 9.17) is 21.1 Å². The zero-order valence-corrected chi connectivity index (χ0v) is 20.5. The first-order chi connectivity index (χ1) is 15.2. The van der Waals surface area contributed by atoms with E-state index in [1.165, 1.54) is 44.6 Å². The van der Waals surface area contributed by atoms with Crippen LogP contribution in [0.1, 0.15) is 90.5 Å². The lowest BCUT2D eigenvalue weighted by molar-refractivity contribution is -0.131. The summed E-state index contributed by atoms with van der Waals surface area (Å²) >= 11 is 6.08. The fraction of sp³-hybridized carbons (Fsp3) is 0.640. The van der Waals surface area contributed by atoms with Crippen LogP contribution in [0.15, 0.2) is 18.2 Å². The van der Waals surface area contributed by atoms with Gasteiger partial charge in [0, 0.05) is 11.6 Å². The summed E-state index contributed by atoms with van der Waals surface area (Å²) in [7, 11) is 0. The minimum Gasteiger partial charge on any atom is -0.443 e. The van der Waals surface area contributed by atoms with Crippen LogP contribution in [0.3, 0.4) is 0 Å².